The Bertz CT molecular complexity index is 403. The van der Waals surface area contributed by atoms with E-state index in [0.717, 1.165) is 11.1 Å². The standard InChI is InChI=1S/C14H19NO/c1-10-7-11(2)14(16)12(8-10)9-15-13-5-3-4-6-13/h7-9,13,16H,3-6H2,1-2H3. The smallest absolute Gasteiger partial charge is 0.127 e. The highest BCUT2D eigenvalue weighted by atomic mass is 16.3. The van der Waals surface area contributed by atoms with Crippen molar-refractivity contribution in [3.05, 3.63) is 28.8 Å². The third-order valence-corrected chi connectivity index (χ3v) is 3.22. The summed E-state index contributed by atoms with van der Waals surface area (Å²) >= 11 is 0. The average Bonchev–Trinajstić information content (AvgIpc) is 2.74. The van der Waals surface area contributed by atoms with Crippen LogP contribution in [0.25, 0.3) is 0 Å². The van der Waals surface area contributed by atoms with Crippen LogP contribution in [0.1, 0.15) is 42.4 Å². The molecule has 0 atom stereocenters. The van der Waals surface area contributed by atoms with Crippen LogP contribution >= 0.6 is 0 Å². The first-order valence-corrected chi connectivity index (χ1v) is 6.00. The van der Waals surface area contributed by atoms with Gasteiger partial charge in [-0.05, 0) is 43.9 Å². The van der Waals surface area contributed by atoms with Crippen molar-refractivity contribution in [1.29, 1.82) is 0 Å². The van der Waals surface area contributed by atoms with Crippen LogP contribution in [0.15, 0.2) is 17.1 Å². The summed E-state index contributed by atoms with van der Waals surface area (Å²) in [5.41, 5.74) is 2.94. The van der Waals surface area contributed by atoms with Crippen LogP contribution in [0.2, 0.25) is 0 Å². The van der Waals surface area contributed by atoms with Gasteiger partial charge in [0.2, 0.25) is 0 Å². The minimum absolute atomic E-state index is 0.368. The molecule has 1 aromatic carbocycles. The summed E-state index contributed by atoms with van der Waals surface area (Å²) in [5.74, 6) is 0.368. The lowest BCUT2D eigenvalue weighted by Gasteiger charge is -2.06. The second kappa shape index (κ2) is 4.69. The van der Waals surface area contributed by atoms with E-state index in [1.165, 1.54) is 31.2 Å². The monoisotopic (exact) mass is 217 g/mol. The Kier molecular flexibility index (Phi) is 3.28. The lowest BCUT2D eigenvalue weighted by molar-refractivity contribution is 0.470. The van der Waals surface area contributed by atoms with E-state index in [-0.39, 0.29) is 0 Å². The number of aromatic hydroxyl groups is 1. The zero-order valence-corrected chi connectivity index (χ0v) is 10.0. The molecule has 2 rings (SSSR count). The molecule has 86 valence electrons. The quantitative estimate of drug-likeness (QED) is 0.757. The Hall–Kier alpha value is -1.31. The molecule has 1 saturated carbocycles. The van der Waals surface area contributed by atoms with E-state index in [2.05, 4.69) is 4.99 Å². The van der Waals surface area contributed by atoms with Gasteiger partial charge in [0, 0.05) is 17.8 Å². The van der Waals surface area contributed by atoms with Crippen molar-refractivity contribution < 1.29 is 5.11 Å². The number of benzene rings is 1. The fourth-order valence-corrected chi connectivity index (χ4v) is 2.33. The van der Waals surface area contributed by atoms with Gasteiger partial charge in [0.15, 0.2) is 0 Å². The largest absolute Gasteiger partial charge is 0.507 e. The Balaban J connectivity index is 2.19. The van der Waals surface area contributed by atoms with Crippen LogP contribution in [0.4, 0.5) is 0 Å². The second-order valence-corrected chi connectivity index (χ2v) is 4.74. The highest BCUT2D eigenvalue weighted by Crippen LogP contribution is 2.24. The molecule has 1 aromatic rings. The number of hydrogen-bond acceptors (Lipinski definition) is 2. The topological polar surface area (TPSA) is 32.6 Å². The molecule has 0 saturated heterocycles. The first-order chi connectivity index (χ1) is 7.66. The van der Waals surface area contributed by atoms with Crippen LogP contribution in [0, 0.1) is 13.8 Å². The Labute approximate surface area is 97.0 Å². The molecule has 1 N–H and O–H groups in total. The summed E-state index contributed by atoms with van der Waals surface area (Å²) in [6, 6.07) is 4.45. The van der Waals surface area contributed by atoms with Crippen molar-refractivity contribution in [2.24, 2.45) is 4.99 Å². The summed E-state index contributed by atoms with van der Waals surface area (Å²) in [7, 11) is 0. The number of phenols is 1. The fraction of sp³-hybridized carbons (Fsp3) is 0.500. The van der Waals surface area contributed by atoms with E-state index >= 15 is 0 Å². The van der Waals surface area contributed by atoms with Gasteiger partial charge < -0.3 is 5.11 Å². The molecule has 0 amide bonds. The number of rotatable bonds is 2. The fourth-order valence-electron chi connectivity index (χ4n) is 2.33. The van der Waals surface area contributed by atoms with E-state index in [1.54, 1.807) is 0 Å². The number of hydrogen-bond donors (Lipinski definition) is 1. The molecule has 0 bridgehead atoms. The molecule has 1 fully saturated rings. The molecule has 2 nitrogen and oxygen atoms in total. The van der Waals surface area contributed by atoms with Crippen molar-refractivity contribution in [3.8, 4) is 5.75 Å². The molecular formula is C14H19NO. The molecule has 2 heteroatoms. The molecule has 1 aliphatic rings. The summed E-state index contributed by atoms with van der Waals surface area (Å²) < 4.78 is 0. The van der Waals surface area contributed by atoms with Crippen LogP contribution in [-0.4, -0.2) is 17.4 Å². The zero-order valence-electron chi connectivity index (χ0n) is 10.0. The van der Waals surface area contributed by atoms with Crippen LogP contribution in [-0.2, 0) is 0 Å². The van der Waals surface area contributed by atoms with E-state index in [4.69, 9.17) is 0 Å². The summed E-state index contributed by atoms with van der Waals surface area (Å²) in [4.78, 5) is 4.55. The predicted octanol–water partition coefficient (Wildman–Crippen LogP) is 3.37. The van der Waals surface area contributed by atoms with E-state index < -0.39 is 0 Å². The van der Waals surface area contributed by atoms with Crippen molar-refractivity contribution in [3.63, 3.8) is 0 Å². The maximum Gasteiger partial charge on any atom is 0.127 e. The highest BCUT2D eigenvalue weighted by Gasteiger charge is 2.12. The number of phenolic OH excluding ortho intramolecular Hbond substituents is 1. The van der Waals surface area contributed by atoms with E-state index in [0.29, 0.717) is 11.8 Å². The Morgan fingerprint density at radius 3 is 2.62 bits per heavy atom. The molecule has 16 heavy (non-hydrogen) atoms. The molecule has 1 aliphatic carbocycles. The van der Waals surface area contributed by atoms with Crippen molar-refractivity contribution in [2.45, 2.75) is 45.6 Å². The molecule has 0 unspecified atom stereocenters. The van der Waals surface area contributed by atoms with Gasteiger partial charge in [-0.15, -0.1) is 0 Å². The molecular weight excluding hydrogens is 198 g/mol. The molecule has 0 radical (unpaired) electrons. The average molecular weight is 217 g/mol. The number of aryl methyl sites for hydroxylation is 2. The predicted molar refractivity (Wildman–Crippen MR) is 67.4 cm³/mol. The molecule has 0 aliphatic heterocycles. The minimum atomic E-state index is 0.368. The lowest BCUT2D eigenvalue weighted by atomic mass is 10.1. The highest BCUT2D eigenvalue weighted by molar-refractivity contribution is 5.84. The number of aliphatic imine (C=N–C) groups is 1. The van der Waals surface area contributed by atoms with Gasteiger partial charge in [0.25, 0.3) is 0 Å². The van der Waals surface area contributed by atoms with Crippen molar-refractivity contribution >= 4 is 6.21 Å². The van der Waals surface area contributed by atoms with Crippen LogP contribution < -0.4 is 0 Å². The third-order valence-electron chi connectivity index (χ3n) is 3.22. The SMILES string of the molecule is Cc1cc(C)c(O)c(C=NC2CCCC2)c1. The van der Waals surface area contributed by atoms with Gasteiger partial charge >= 0.3 is 0 Å². The first-order valence-electron chi connectivity index (χ1n) is 6.00. The van der Waals surface area contributed by atoms with Gasteiger partial charge in [-0.25, -0.2) is 0 Å². The lowest BCUT2D eigenvalue weighted by Crippen LogP contribution is -1.97. The maximum atomic E-state index is 9.90. The zero-order chi connectivity index (χ0) is 11.5. The van der Waals surface area contributed by atoms with E-state index in [1.807, 2.05) is 32.2 Å². The first kappa shape index (κ1) is 11.2. The normalized spacial score (nSPS) is 17.4. The molecule has 0 heterocycles. The molecule has 0 aromatic heterocycles. The third kappa shape index (κ3) is 2.43. The van der Waals surface area contributed by atoms with Crippen LogP contribution in [0.3, 0.4) is 0 Å². The minimum Gasteiger partial charge on any atom is -0.507 e. The van der Waals surface area contributed by atoms with Crippen LogP contribution in [0.5, 0.6) is 5.75 Å². The van der Waals surface area contributed by atoms with Gasteiger partial charge in [-0.1, -0.05) is 18.9 Å². The van der Waals surface area contributed by atoms with Crippen molar-refractivity contribution in [1.82, 2.24) is 0 Å². The summed E-state index contributed by atoms with van der Waals surface area (Å²) in [6.45, 7) is 3.97. The summed E-state index contributed by atoms with van der Waals surface area (Å²) in [6.07, 6.45) is 6.82. The van der Waals surface area contributed by atoms with Gasteiger partial charge in [0.1, 0.15) is 5.75 Å². The Morgan fingerprint density at radius 2 is 1.94 bits per heavy atom. The molecule has 0 spiro atoms. The van der Waals surface area contributed by atoms with Gasteiger partial charge in [-0.2, -0.15) is 0 Å². The van der Waals surface area contributed by atoms with Gasteiger partial charge in [-0.3, -0.25) is 4.99 Å². The van der Waals surface area contributed by atoms with Crippen molar-refractivity contribution in [2.75, 3.05) is 0 Å². The van der Waals surface area contributed by atoms with Gasteiger partial charge in [0.05, 0.1) is 0 Å². The Morgan fingerprint density at radius 1 is 1.25 bits per heavy atom. The second-order valence-electron chi connectivity index (χ2n) is 4.74. The maximum absolute atomic E-state index is 9.90. The van der Waals surface area contributed by atoms with E-state index in [9.17, 15) is 5.11 Å². The number of nitrogens with zero attached hydrogens (tertiary/aromatic N) is 1. The summed E-state index contributed by atoms with van der Waals surface area (Å²) in [5, 5.41) is 9.90.